The molecule has 0 saturated heterocycles. The molecule has 2 aromatic rings. The number of aliphatic hydroxyl groups is 1. The minimum atomic E-state index is -1.10. The normalized spacial score (nSPS) is 14.2. The van der Waals surface area contributed by atoms with Gasteiger partial charge in [-0.3, -0.25) is 0 Å². The van der Waals surface area contributed by atoms with Crippen molar-refractivity contribution in [3.63, 3.8) is 0 Å². The van der Waals surface area contributed by atoms with Crippen LogP contribution in [0.1, 0.15) is 18.1 Å². The second-order valence-electron chi connectivity index (χ2n) is 4.64. The number of rotatable bonds is 3. The fourth-order valence-electron chi connectivity index (χ4n) is 2.05. The van der Waals surface area contributed by atoms with Gasteiger partial charge in [0.2, 0.25) is 0 Å². The molecule has 0 spiro atoms. The Bertz CT molecular complexity index is 594. The van der Waals surface area contributed by atoms with E-state index in [0.29, 0.717) is 27.1 Å². The van der Waals surface area contributed by atoms with Gasteiger partial charge in [0, 0.05) is 17.0 Å². The molecule has 0 fully saturated rings. The Balaban J connectivity index is 2.36. The van der Waals surface area contributed by atoms with Crippen LogP contribution >= 0.6 is 34.8 Å². The number of halogens is 3. The molecule has 0 bridgehead atoms. The van der Waals surface area contributed by atoms with Gasteiger partial charge in [-0.25, -0.2) is 0 Å². The van der Waals surface area contributed by atoms with E-state index in [2.05, 4.69) is 0 Å². The first-order chi connectivity index (χ1) is 8.92. The molecule has 0 amide bonds. The molecule has 0 aliphatic rings. The molecule has 0 aromatic heterocycles. The van der Waals surface area contributed by atoms with Crippen molar-refractivity contribution in [1.29, 1.82) is 0 Å². The average Bonchev–Trinajstić information content (AvgIpc) is 2.35. The van der Waals surface area contributed by atoms with E-state index in [0.717, 1.165) is 5.56 Å². The quantitative estimate of drug-likeness (QED) is 0.835. The van der Waals surface area contributed by atoms with E-state index in [4.69, 9.17) is 34.8 Å². The monoisotopic (exact) mass is 314 g/mol. The zero-order valence-electron chi connectivity index (χ0n) is 10.3. The highest BCUT2D eigenvalue weighted by Gasteiger charge is 2.27. The van der Waals surface area contributed by atoms with E-state index in [1.165, 1.54) is 0 Å². The summed E-state index contributed by atoms with van der Waals surface area (Å²) < 4.78 is 0. The van der Waals surface area contributed by atoms with Crippen molar-refractivity contribution in [2.75, 3.05) is 0 Å². The molecule has 0 aliphatic carbocycles. The second-order valence-corrected chi connectivity index (χ2v) is 5.84. The van der Waals surface area contributed by atoms with Gasteiger partial charge in [-0.05, 0) is 24.6 Å². The summed E-state index contributed by atoms with van der Waals surface area (Å²) in [5.41, 5.74) is 0.360. The van der Waals surface area contributed by atoms with Crippen LogP contribution in [0, 0.1) is 0 Å². The van der Waals surface area contributed by atoms with E-state index in [-0.39, 0.29) is 0 Å². The van der Waals surface area contributed by atoms with Crippen molar-refractivity contribution < 1.29 is 5.11 Å². The lowest BCUT2D eigenvalue weighted by Crippen LogP contribution is -2.24. The van der Waals surface area contributed by atoms with Crippen LogP contribution in [0.25, 0.3) is 0 Å². The zero-order chi connectivity index (χ0) is 14.0. The van der Waals surface area contributed by atoms with E-state index in [1.54, 1.807) is 25.1 Å². The highest BCUT2D eigenvalue weighted by molar-refractivity contribution is 6.42. The number of hydrogen-bond acceptors (Lipinski definition) is 1. The lowest BCUT2D eigenvalue weighted by Gasteiger charge is -2.25. The lowest BCUT2D eigenvalue weighted by molar-refractivity contribution is 0.0577. The van der Waals surface area contributed by atoms with Gasteiger partial charge in [0.05, 0.1) is 15.6 Å². The van der Waals surface area contributed by atoms with Crippen LogP contribution in [0.4, 0.5) is 0 Å². The summed E-state index contributed by atoms with van der Waals surface area (Å²) in [6.07, 6.45) is 0.343. The smallest absolute Gasteiger partial charge is 0.0923 e. The van der Waals surface area contributed by atoms with Gasteiger partial charge in [-0.2, -0.15) is 0 Å². The lowest BCUT2D eigenvalue weighted by atomic mass is 9.89. The largest absolute Gasteiger partial charge is 0.385 e. The van der Waals surface area contributed by atoms with Crippen molar-refractivity contribution in [3.05, 3.63) is 68.7 Å². The molecule has 100 valence electrons. The van der Waals surface area contributed by atoms with Crippen LogP contribution in [0.15, 0.2) is 42.5 Å². The molecule has 1 N–H and O–H groups in total. The summed E-state index contributed by atoms with van der Waals surface area (Å²) in [5, 5.41) is 12.1. The molecule has 0 heterocycles. The molecular formula is C15H13Cl3O. The molecule has 1 nitrogen and oxygen atoms in total. The summed E-state index contributed by atoms with van der Waals surface area (Å²) in [5.74, 6) is 0. The average molecular weight is 316 g/mol. The predicted octanol–water partition coefficient (Wildman–Crippen LogP) is 5.10. The van der Waals surface area contributed by atoms with Crippen LogP contribution in [-0.4, -0.2) is 5.11 Å². The Kier molecular flexibility index (Phi) is 4.42. The van der Waals surface area contributed by atoms with Gasteiger partial charge in [0.1, 0.15) is 0 Å². The molecule has 1 atom stereocenters. The maximum Gasteiger partial charge on any atom is 0.0923 e. The van der Waals surface area contributed by atoms with Gasteiger partial charge < -0.3 is 5.11 Å². The fourth-order valence-corrected chi connectivity index (χ4v) is 2.78. The summed E-state index contributed by atoms with van der Waals surface area (Å²) in [7, 11) is 0. The van der Waals surface area contributed by atoms with E-state index in [9.17, 15) is 5.11 Å². The Morgan fingerprint density at radius 2 is 1.58 bits per heavy atom. The molecule has 19 heavy (non-hydrogen) atoms. The number of hydrogen-bond donors (Lipinski definition) is 1. The minimum absolute atomic E-state index is 0.343. The molecule has 2 rings (SSSR count). The van der Waals surface area contributed by atoms with Gasteiger partial charge in [0.15, 0.2) is 0 Å². The van der Waals surface area contributed by atoms with Crippen LogP contribution in [-0.2, 0) is 12.0 Å². The first-order valence-electron chi connectivity index (χ1n) is 5.82. The van der Waals surface area contributed by atoms with E-state index >= 15 is 0 Å². The van der Waals surface area contributed by atoms with Gasteiger partial charge in [-0.15, -0.1) is 0 Å². The molecule has 4 heteroatoms. The highest BCUT2D eigenvalue weighted by Crippen LogP contribution is 2.34. The molecule has 2 aromatic carbocycles. The Morgan fingerprint density at radius 1 is 0.947 bits per heavy atom. The Morgan fingerprint density at radius 3 is 2.26 bits per heavy atom. The maximum absolute atomic E-state index is 10.6. The van der Waals surface area contributed by atoms with E-state index < -0.39 is 5.60 Å². The summed E-state index contributed by atoms with van der Waals surface area (Å²) in [6, 6.07) is 12.6. The summed E-state index contributed by atoms with van der Waals surface area (Å²) >= 11 is 18.3. The van der Waals surface area contributed by atoms with Crippen molar-refractivity contribution >= 4 is 34.8 Å². The SMILES string of the molecule is CC(O)(Cc1cccc(Cl)c1Cl)c1ccccc1Cl. The van der Waals surface area contributed by atoms with Crippen molar-refractivity contribution in [1.82, 2.24) is 0 Å². The van der Waals surface area contributed by atoms with Crippen LogP contribution < -0.4 is 0 Å². The fraction of sp³-hybridized carbons (Fsp3) is 0.200. The van der Waals surface area contributed by atoms with Crippen molar-refractivity contribution in [3.8, 4) is 0 Å². The first-order valence-corrected chi connectivity index (χ1v) is 6.95. The minimum Gasteiger partial charge on any atom is -0.385 e. The van der Waals surface area contributed by atoms with Crippen LogP contribution in [0.3, 0.4) is 0 Å². The third kappa shape index (κ3) is 3.24. The van der Waals surface area contributed by atoms with Crippen LogP contribution in [0.5, 0.6) is 0 Å². The summed E-state index contributed by atoms with van der Waals surface area (Å²) in [4.78, 5) is 0. The Hall–Kier alpha value is -0.730. The van der Waals surface area contributed by atoms with E-state index in [1.807, 2.05) is 24.3 Å². The number of benzene rings is 2. The van der Waals surface area contributed by atoms with Crippen molar-refractivity contribution in [2.24, 2.45) is 0 Å². The first kappa shape index (κ1) is 14.7. The molecule has 1 unspecified atom stereocenters. The topological polar surface area (TPSA) is 20.2 Å². The molecule has 0 saturated carbocycles. The molecule has 0 radical (unpaired) electrons. The third-order valence-corrected chi connectivity index (χ3v) is 4.21. The summed E-state index contributed by atoms with van der Waals surface area (Å²) in [6.45, 7) is 1.71. The highest BCUT2D eigenvalue weighted by atomic mass is 35.5. The standard InChI is InChI=1S/C15H13Cl3O/c1-15(19,11-6-2-3-7-12(11)16)9-10-5-4-8-13(17)14(10)18/h2-8,19H,9H2,1H3. The van der Waals surface area contributed by atoms with Crippen molar-refractivity contribution in [2.45, 2.75) is 18.9 Å². The second kappa shape index (κ2) is 5.72. The van der Waals surface area contributed by atoms with Crippen LogP contribution in [0.2, 0.25) is 15.1 Å². The van der Waals surface area contributed by atoms with Gasteiger partial charge in [-0.1, -0.05) is 65.1 Å². The maximum atomic E-state index is 10.6. The van der Waals surface area contributed by atoms with Gasteiger partial charge >= 0.3 is 0 Å². The Labute approximate surface area is 127 Å². The predicted molar refractivity (Wildman–Crippen MR) is 81.2 cm³/mol. The van der Waals surface area contributed by atoms with Gasteiger partial charge in [0.25, 0.3) is 0 Å². The zero-order valence-corrected chi connectivity index (χ0v) is 12.6. The third-order valence-electron chi connectivity index (χ3n) is 3.02. The molecule has 0 aliphatic heterocycles. The molecular weight excluding hydrogens is 303 g/mol.